The Hall–Kier alpha value is -1.61. The van der Waals surface area contributed by atoms with Gasteiger partial charge in [-0.25, -0.2) is 0 Å². The lowest BCUT2D eigenvalue weighted by Crippen LogP contribution is -2.38. The number of anilines is 1. The van der Waals surface area contributed by atoms with Crippen LogP contribution < -0.4 is 5.32 Å². The summed E-state index contributed by atoms with van der Waals surface area (Å²) in [6, 6.07) is 9.06. The number of fused-ring (bicyclic) bond motifs is 2. The molecule has 2 aliphatic rings. The smallest absolute Gasteiger partial charge is 0.0751 e. The topological polar surface area (TPSA) is 34.1 Å². The molecule has 1 aliphatic heterocycles. The molecule has 1 aliphatic carbocycles. The fraction of sp³-hybridized carbons (Fsp3) is 0.500. The molecule has 3 unspecified atom stereocenters. The van der Waals surface area contributed by atoms with Crippen molar-refractivity contribution >= 4 is 16.6 Å². The van der Waals surface area contributed by atoms with Gasteiger partial charge in [0.05, 0.1) is 11.6 Å². The maximum atomic E-state index is 5.88. The zero-order valence-corrected chi connectivity index (χ0v) is 12.5. The quantitative estimate of drug-likeness (QED) is 0.906. The first-order valence-electron chi connectivity index (χ1n) is 8.05. The number of hydrogen-bond acceptors (Lipinski definition) is 3. The lowest BCUT2D eigenvalue weighted by Gasteiger charge is -2.34. The standard InChI is InChI=1S/C18H22N2O/c1-12-4-2-5-14-16(8-10-19-18(12)14)20-15-6-3-7-17-13(15)9-11-21-17/h2,4-5,8,10,13,15,17H,3,6-7,9,11H2,1H3,(H,19,20). The van der Waals surface area contributed by atoms with Crippen LogP contribution in [0.1, 0.15) is 31.2 Å². The molecule has 0 bridgehead atoms. The van der Waals surface area contributed by atoms with Crippen LogP contribution in [-0.4, -0.2) is 23.7 Å². The number of pyridine rings is 1. The zero-order valence-electron chi connectivity index (χ0n) is 12.5. The van der Waals surface area contributed by atoms with Crippen molar-refractivity contribution in [2.24, 2.45) is 5.92 Å². The second-order valence-corrected chi connectivity index (χ2v) is 6.37. The Bertz CT molecular complexity index is 655. The van der Waals surface area contributed by atoms with Crippen LogP contribution in [0.4, 0.5) is 5.69 Å². The van der Waals surface area contributed by atoms with E-state index in [4.69, 9.17) is 4.74 Å². The number of aryl methyl sites for hydroxylation is 1. The first kappa shape index (κ1) is 13.1. The van der Waals surface area contributed by atoms with E-state index in [1.165, 1.54) is 42.3 Å². The fourth-order valence-electron chi connectivity index (χ4n) is 4.00. The van der Waals surface area contributed by atoms with Gasteiger partial charge in [0.1, 0.15) is 0 Å². The van der Waals surface area contributed by atoms with E-state index in [0.717, 1.165) is 12.1 Å². The van der Waals surface area contributed by atoms with E-state index in [1.54, 1.807) is 0 Å². The van der Waals surface area contributed by atoms with E-state index >= 15 is 0 Å². The molecular formula is C18H22N2O. The number of benzene rings is 1. The normalized spacial score (nSPS) is 28.5. The molecule has 1 aromatic carbocycles. The summed E-state index contributed by atoms with van der Waals surface area (Å²) in [5.41, 5.74) is 3.57. The minimum atomic E-state index is 0.478. The Morgan fingerprint density at radius 2 is 2.14 bits per heavy atom. The molecule has 110 valence electrons. The summed E-state index contributed by atoms with van der Waals surface area (Å²) in [5, 5.41) is 5.04. The van der Waals surface area contributed by atoms with Crippen LogP contribution in [0.5, 0.6) is 0 Å². The Kier molecular flexibility index (Phi) is 3.30. The van der Waals surface area contributed by atoms with Gasteiger partial charge in [0.15, 0.2) is 0 Å². The number of rotatable bonds is 2. The molecule has 1 saturated heterocycles. The van der Waals surface area contributed by atoms with Crippen LogP contribution in [0.3, 0.4) is 0 Å². The maximum absolute atomic E-state index is 5.88. The predicted octanol–water partition coefficient (Wildman–Crippen LogP) is 3.91. The van der Waals surface area contributed by atoms with E-state index in [9.17, 15) is 0 Å². The molecule has 1 N–H and O–H groups in total. The molecule has 0 amide bonds. The van der Waals surface area contributed by atoms with Crippen LogP contribution in [0.2, 0.25) is 0 Å². The molecule has 1 aromatic heterocycles. The zero-order chi connectivity index (χ0) is 14.2. The predicted molar refractivity (Wildman–Crippen MR) is 85.6 cm³/mol. The third-order valence-electron chi connectivity index (χ3n) is 5.09. The van der Waals surface area contributed by atoms with Gasteiger partial charge in [0.25, 0.3) is 0 Å². The third kappa shape index (κ3) is 2.30. The van der Waals surface area contributed by atoms with Crippen LogP contribution in [0.15, 0.2) is 30.5 Å². The van der Waals surface area contributed by atoms with E-state index < -0.39 is 0 Å². The van der Waals surface area contributed by atoms with Crippen LogP contribution in [0.25, 0.3) is 10.9 Å². The van der Waals surface area contributed by atoms with Crippen molar-refractivity contribution < 1.29 is 4.74 Å². The van der Waals surface area contributed by atoms with Gasteiger partial charge in [-0.3, -0.25) is 4.98 Å². The van der Waals surface area contributed by atoms with Crippen molar-refractivity contribution in [3.8, 4) is 0 Å². The van der Waals surface area contributed by atoms with Crippen molar-refractivity contribution in [2.45, 2.75) is 44.8 Å². The molecule has 21 heavy (non-hydrogen) atoms. The molecule has 0 radical (unpaired) electrons. The monoisotopic (exact) mass is 282 g/mol. The summed E-state index contributed by atoms with van der Waals surface area (Å²) >= 11 is 0. The highest BCUT2D eigenvalue weighted by Crippen LogP contribution is 2.37. The minimum Gasteiger partial charge on any atom is -0.381 e. The molecule has 2 aromatic rings. The van der Waals surface area contributed by atoms with E-state index in [-0.39, 0.29) is 0 Å². The molecule has 3 nitrogen and oxygen atoms in total. The molecular weight excluding hydrogens is 260 g/mol. The number of nitrogens with one attached hydrogen (secondary N) is 1. The first-order valence-corrected chi connectivity index (χ1v) is 8.05. The van der Waals surface area contributed by atoms with Crippen LogP contribution in [-0.2, 0) is 4.74 Å². The highest BCUT2D eigenvalue weighted by molar-refractivity contribution is 5.92. The minimum absolute atomic E-state index is 0.478. The second kappa shape index (κ2) is 5.30. The van der Waals surface area contributed by atoms with Crippen molar-refractivity contribution in [3.63, 3.8) is 0 Å². The molecule has 4 rings (SSSR count). The highest BCUT2D eigenvalue weighted by atomic mass is 16.5. The van der Waals surface area contributed by atoms with Gasteiger partial charge in [-0.2, -0.15) is 0 Å². The van der Waals surface area contributed by atoms with Gasteiger partial charge in [-0.1, -0.05) is 18.2 Å². The lowest BCUT2D eigenvalue weighted by molar-refractivity contribution is 0.0620. The number of para-hydroxylation sites is 1. The van der Waals surface area contributed by atoms with Gasteiger partial charge in [-0.15, -0.1) is 0 Å². The van der Waals surface area contributed by atoms with E-state index in [0.29, 0.717) is 18.1 Å². The molecule has 1 saturated carbocycles. The van der Waals surface area contributed by atoms with Gasteiger partial charge in [-0.05, 0) is 44.2 Å². The number of nitrogens with zero attached hydrogens (tertiary/aromatic N) is 1. The van der Waals surface area contributed by atoms with E-state index in [2.05, 4.69) is 41.5 Å². The molecule has 2 heterocycles. The number of aromatic nitrogens is 1. The lowest BCUT2D eigenvalue weighted by atomic mass is 9.81. The summed E-state index contributed by atoms with van der Waals surface area (Å²) in [5.74, 6) is 0.673. The average molecular weight is 282 g/mol. The maximum Gasteiger partial charge on any atom is 0.0751 e. The Morgan fingerprint density at radius 3 is 3.10 bits per heavy atom. The number of hydrogen-bond donors (Lipinski definition) is 1. The van der Waals surface area contributed by atoms with Crippen molar-refractivity contribution in [1.82, 2.24) is 4.98 Å². The molecule has 0 spiro atoms. The van der Waals surface area contributed by atoms with Gasteiger partial charge >= 0.3 is 0 Å². The summed E-state index contributed by atoms with van der Waals surface area (Å²) in [6.45, 7) is 3.06. The van der Waals surface area contributed by atoms with Gasteiger partial charge in [0.2, 0.25) is 0 Å². The third-order valence-corrected chi connectivity index (χ3v) is 5.09. The Morgan fingerprint density at radius 1 is 1.19 bits per heavy atom. The van der Waals surface area contributed by atoms with Crippen molar-refractivity contribution in [1.29, 1.82) is 0 Å². The Labute approximate surface area is 125 Å². The van der Waals surface area contributed by atoms with Crippen molar-refractivity contribution in [2.75, 3.05) is 11.9 Å². The fourth-order valence-corrected chi connectivity index (χ4v) is 4.00. The summed E-state index contributed by atoms with van der Waals surface area (Å²) in [6.07, 6.45) is 7.35. The SMILES string of the molecule is Cc1cccc2c(NC3CCCC4OCCC34)ccnc12. The molecule has 3 atom stereocenters. The van der Waals surface area contributed by atoms with Gasteiger partial charge in [0, 0.05) is 35.8 Å². The van der Waals surface area contributed by atoms with Crippen molar-refractivity contribution in [3.05, 3.63) is 36.0 Å². The summed E-state index contributed by atoms with van der Waals surface area (Å²) in [4.78, 5) is 4.54. The summed E-state index contributed by atoms with van der Waals surface area (Å²) in [7, 11) is 0. The summed E-state index contributed by atoms with van der Waals surface area (Å²) < 4.78 is 5.88. The molecule has 2 fully saturated rings. The highest BCUT2D eigenvalue weighted by Gasteiger charge is 2.37. The van der Waals surface area contributed by atoms with Crippen LogP contribution >= 0.6 is 0 Å². The largest absolute Gasteiger partial charge is 0.381 e. The van der Waals surface area contributed by atoms with Crippen LogP contribution in [0, 0.1) is 12.8 Å². The second-order valence-electron chi connectivity index (χ2n) is 6.37. The molecule has 3 heteroatoms. The average Bonchev–Trinajstić information content (AvgIpc) is 2.98. The van der Waals surface area contributed by atoms with E-state index in [1.807, 2.05) is 6.20 Å². The Balaban J connectivity index is 1.66. The van der Waals surface area contributed by atoms with Gasteiger partial charge < -0.3 is 10.1 Å². The number of ether oxygens (including phenoxy) is 1. The first-order chi connectivity index (χ1) is 10.3.